The number of benzene rings is 2. The molecule has 1 unspecified atom stereocenters. The van der Waals surface area contributed by atoms with E-state index in [1.807, 2.05) is 49.4 Å². The summed E-state index contributed by atoms with van der Waals surface area (Å²) in [4.78, 5) is 24.4. The number of carbonyl (C=O) groups excluding carboxylic acids is 2. The van der Waals surface area contributed by atoms with Crippen LogP contribution in [0, 0.1) is 6.92 Å². The highest BCUT2D eigenvalue weighted by molar-refractivity contribution is 6.07. The zero-order valence-electron chi connectivity index (χ0n) is 11.2. The van der Waals surface area contributed by atoms with E-state index in [2.05, 4.69) is 5.32 Å². The number of carbonyl (C=O) groups is 2. The lowest BCUT2D eigenvalue weighted by molar-refractivity contribution is 0.0868. The minimum Gasteiger partial charge on any atom is -0.342 e. The molecule has 1 aliphatic rings. The van der Waals surface area contributed by atoms with E-state index in [1.165, 1.54) is 0 Å². The molecule has 20 heavy (non-hydrogen) atoms. The van der Waals surface area contributed by atoms with E-state index in [9.17, 15) is 9.59 Å². The third-order valence-electron chi connectivity index (χ3n) is 3.61. The largest absolute Gasteiger partial charge is 0.342 e. The number of ketones is 1. The predicted molar refractivity (Wildman–Crippen MR) is 76.9 cm³/mol. The Bertz CT molecular complexity index is 691. The Morgan fingerprint density at radius 3 is 2.70 bits per heavy atom. The quantitative estimate of drug-likeness (QED) is 0.907. The molecule has 3 rings (SSSR count). The molecule has 100 valence electrons. The normalized spacial score (nSPS) is 16.9. The Morgan fingerprint density at radius 2 is 1.95 bits per heavy atom. The highest BCUT2D eigenvalue weighted by Crippen LogP contribution is 2.22. The molecule has 3 heteroatoms. The Kier molecular flexibility index (Phi) is 3.11. The van der Waals surface area contributed by atoms with Gasteiger partial charge in [0.1, 0.15) is 0 Å². The predicted octanol–water partition coefficient (Wildman–Crippen LogP) is 2.53. The second-order valence-corrected chi connectivity index (χ2v) is 5.12. The van der Waals surface area contributed by atoms with Crippen LogP contribution >= 0.6 is 0 Å². The van der Waals surface area contributed by atoms with Crippen molar-refractivity contribution in [1.82, 2.24) is 5.32 Å². The van der Waals surface area contributed by atoms with Gasteiger partial charge in [0.15, 0.2) is 5.78 Å². The van der Waals surface area contributed by atoms with Gasteiger partial charge in [0, 0.05) is 17.5 Å². The number of hydrogen-bond donors (Lipinski definition) is 1. The molecule has 2 aromatic rings. The van der Waals surface area contributed by atoms with Crippen LogP contribution in [0.25, 0.3) is 0 Å². The lowest BCUT2D eigenvalue weighted by atomic mass is 10.1. The van der Waals surface area contributed by atoms with Crippen LogP contribution in [-0.4, -0.2) is 17.7 Å². The zero-order valence-corrected chi connectivity index (χ0v) is 11.2. The van der Waals surface area contributed by atoms with Crippen LogP contribution in [0.1, 0.15) is 31.8 Å². The van der Waals surface area contributed by atoms with Crippen molar-refractivity contribution < 1.29 is 9.59 Å². The molecule has 1 aliphatic carbocycles. The molecule has 0 saturated heterocycles. The molecule has 0 aromatic heterocycles. The van der Waals surface area contributed by atoms with Crippen molar-refractivity contribution in [2.45, 2.75) is 19.4 Å². The van der Waals surface area contributed by atoms with Crippen LogP contribution in [0.2, 0.25) is 0 Å². The van der Waals surface area contributed by atoms with Gasteiger partial charge in [-0.1, -0.05) is 42.0 Å². The Labute approximate surface area is 117 Å². The monoisotopic (exact) mass is 265 g/mol. The summed E-state index contributed by atoms with van der Waals surface area (Å²) in [6, 6.07) is 14.4. The molecule has 3 nitrogen and oxygen atoms in total. The van der Waals surface area contributed by atoms with Crippen molar-refractivity contribution >= 4 is 11.7 Å². The third-order valence-corrected chi connectivity index (χ3v) is 3.61. The van der Waals surface area contributed by atoms with E-state index in [0.717, 1.165) is 16.7 Å². The summed E-state index contributed by atoms with van der Waals surface area (Å²) in [5, 5.41) is 2.83. The molecule has 0 heterocycles. The minimum absolute atomic E-state index is 0.00148. The molecule has 2 aromatic carbocycles. The van der Waals surface area contributed by atoms with E-state index in [4.69, 9.17) is 0 Å². The highest BCUT2D eigenvalue weighted by atomic mass is 16.2. The number of amides is 1. The SMILES string of the molecule is Cc1cccc(C(=O)NC2Cc3ccccc3C2=O)c1. The first kappa shape index (κ1) is 12.6. The molecule has 1 amide bonds. The van der Waals surface area contributed by atoms with Gasteiger partial charge in [-0.05, 0) is 24.6 Å². The van der Waals surface area contributed by atoms with Gasteiger partial charge >= 0.3 is 0 Å². The number of Topliss-reactive ketones (excluding diaryl/α,β-unsaturated/α-hetero) is 1. The van der Waals surface area contributed by atoms with Gasteiger partial charge in [0.05, 0.1) is 6.04 Å². The average Bonchev–Trinajstić information content (AvgIpc) is 2.76. The first-order valence-electron chi connectivity index (χ1n) is 6.65. The van der Waals surface area contributed by atoms with Crippen molar-refractivity contribution in [3.05, 3.63) is 70.8 Å². The summed E-state index contributed by atoms with van der Waals surface area (Å²) in [5.74, 6) is -0.193. The van der Waals surface area contributed by atoms with E-state index in [1.54, 1.807) is 6.07 Å². The second kappa shape index (κ2) is 4.93. The van der Waals surface area contributed by atoms with Crippen molar-refractivity contribution in [3.63, 3.8) is 0 Å². The van der Waals surface area contributed by atoms with Crippen LogP contribution in [0.15, 0.2) is 48.5 Å². The lowest BCUT2D eigenvalue weighted by Crippen LogP contribution is -2.39. The van der Waals surface area contributed by atoms with Crippen LogP contribution in [-0.2, 0) is 6.42 Å². The summed E-state index contributed by atoms with van der Waals surface area (Å²) >= 11 is 0. The molecular formula is C17H15NO2. The van der Waals surface area contributed by atoms with E-state index >= 15 is 0 Å². The van der Waals surface area contributed by atoms with Gasteiger partial charge in [0.2, 0.25) is 0 Å². The molecule has 0 saturated carbocycles. The number of fused-ring (bicyclic) bond motifs is 1. The molecular weight excluding hydrogens is 250 g/mol. The van der Waals surface area contributed by atoms with Crippen molar-refractivity contribution in [1.29, 1.82) is 0 Å². The van der Waals surface area contributed by atoms with E-state index in [-0.39, 0.29) is 11.7 Å². The Morgan fingerprint density at radius 1 is 1.15 bits per heavy atom. The van der Waals surface area contributed by atoms with Crippen molar-refractivity contribution in [3.8, 4) is 0 Å². The van der Waals surface area contributed by atoms with Crippen LogP contribution in [0.3, 0.4) is 0 Å². The summed E-state index contributed by atoms with van der Waals surface area (Å²) in [6.45, 7) is 1.94. The van der Waals surface area contributed by atoms with Gasteiger partial charge in [0.25, 0.3) is 5.91 Å². The standard InChI is InChI=1S/C17H15NO2/c1-11-5-4-7-13(9-11)17(20)18-15-10-12-6-2-3-8-14(12)16(15)19/h2-9,15H,10H2,1H3,(H,18,20). The molecule has 1 N–H and O–H groups in total. The minimum atomic E-state index is -0.444. The van der Waals surface area contributed by atoms with Gasteiger partial charge in [-0.25, -0.2) is 0 Å². The van der Waals surface area contributed by atoms with Gasteiger partial charge < -0.3 is 5.32 Å². The Hall–Kier alpha value is -2.42. The smallest absolute Gasteiger partial charge is 0.251 e. The fraction of sp³-hybridized carbons (Fsp3) is 0.176. The van der Waals surface area contributed by atoms with Crippen LogP contribution < -0.4 is 5.32 Å². The topological polar surface area (TPSA) is 46.2 Å². The van der Waals surface area contributed by atoms with Crippen LogP contribution in [0.5, 0.6) is 0 Å². The Balaban J connectivity index is 1.77. The molecule has 0 aliphatic heterocycles. The number of aryl methyl sites for hydroxylation is 1. The van der Waals surface area contributed by atoms with Crippen molar-refractivity contribution in [2.75, 3.05) is 0 Å². The average molecular weight is 265 g/mol. The highest BCUT2D eigenvalue weighted by Gasteiger charge is 2.31. The zero-order chi connectivity index (χ0) is 14.1. The summed E-state index contributed by atoms with van der Waals surface area (Å²) in [7, 11) is 0. The second-order valence-electron chi connectivity index (χ2n) is 5.12. The first-order chi connectivity index (χ1) is 9.65. The first-order valence-corrected chi connectivity index (χ1v) is 6.65. The van der Waals surface area contributed by atoms with E-state index in [0.29, 0.717) is 12.0 Å². The maximum Gasteiger partial charge on any atom is 0.251 e. The number of rotatable bonds is 2. The third kappa shape index (κ3) is 2.23. The lowest BCUT2D eigenvalue weighted by Gasteiger charge is -2.11. The fourth-order valence-corrected chi connectivity index (χ4v) is 2.58. The number of nitrogens with one attached hydrogen (secondary N) is 1. The maximum atomic E-state index is 12.2. The van der Waals surface area contributed by atoms with Gasteiger partial charge in [-0.3, -0.25) is 9.59 Å². The maximum absolute atomic E-state index is 12.2. The summed E-state index contributed by atoms with van der Waals surface area (Å²) < 4.78 is 0. The summed E-state index contributed by atoms with van der Waals surface area (Å²) in [6.07, 6.45) is 0.576. The molecule has 0 spiro atoms. The molecule has 1 atom stereocenters. The van der Waals surface area contributed by atoms with Crippen LogP contribution in [0.4, 0.5) is 0 Å². The number of hydrogen-bond acceptors (Lipinski definition) is 2. The van der Waals surface area contributed by atoms with E-state index < -0.39 is 6.04 Å². The van der Waals surface area contributed by atoms with Crippen molar-refractivity contribution in [2.24, 2.45) is 0 Å². The summed E-state index contributed by atoms with van der Waals surface area (Å²) in [5.41, 5.74) is 3.35. The van der Waals surface area contributed by atoms with Gasteiger partial charge in [-0.15, -0.1) is 0 Å². The molecule has 0 bridgehead atoms. The fourth-order valence-electron chi connectivity index (χ4n) is 2.58. The molecule has 0 fully saturated rings. The molecule has 0 radical (unpaired) electrons. The van der Waals surface area contributed by atoms with Gasteiger partial charge in [-0.2, -0.15) is 0 Å².